The van der Waals surface area contributed by atoms with E-state index in [1.54, 1.807) is 24.3 Å². The smallest absolute Gasteiger partial charge is 0.395 e. The fraction of sp³-hybridized carbons (Fsp3) is 0. The lowest BCUT2D eigenvalue weighted by Gasteiger charge is -2.15. The van der Waals surface area contributed by atoms with Gasteiger partial charge in [0.1, 0.15) is 11.5 Å². The van der Waals surface area contributed by atoms with E-state index >= 15 is 0 Å². The predicted molar refractivity (Wildman–Crippen MR) is 99.0 cm³/mol. The topological polar surface area (TPSA) is 55.8 Å². The van der Waals surface area contributed by atoms with Gasteiger partial charge in [0.2, 0.25) is 0 Å². The standard InChI is InChI=1S/C20H15O4P/c21-25(22,23-18-13-12-15-6-1-2-8-17(15)14-18)24-20-11-5-9-16-7-3-4-10-19(16)20/h1-14H,(H,21,22). The van der Waals surface area contributed by atoms with E-state index in [1.807, 2.05) is 60.7 Å². The molecule has 4 aromatic carbocycles. The van der Waals surface area contributed by atoms with Crippen LogP contribution in [0.5, 0.6) is 11.5 Å². The van der Waals surface area contributed by atoms with Crippen LogP contribution in [0.15, 0.2) is 84.9 Å². The molecule has 4 rings (SSSR count). The Kier molecular flexibility index (Phi) is 3.92. The van der Waals surface area contributed by atoms with Crippen molar-refractivity contribution < 1.29 is 18.5 Å². The van der Waals surface area contributed by atoms with Crippen molar-refractivity contribution in [1.29, 1.82) is 0 Å². The minimum Gasteiger partial charge on any atom is -0.395 e. The zero-order chi connectivity index (χ0) is 17.3. The molecule has 0 spiro atoms. The Morgan fingerprint density at radius 2 is 1.36 bits per heavy atom. The molecule has 0 bridgehead atoms. The van der Waals surface area contributed by atoms with E-state index in [1.165, 1.54) is 0 Å². The molecule has 0 aromatic heterocycles. The van der Waals surface area contributed by atoms with E-state index in [4.69, 9.17) is 9.05 Å². The van der Waals surface area contributed by atoms with Gasteiger partial charge in [-0.3, -0.25) is 4.89 Å². The van der Waals surface area contributed by atoms with Gasteiger partial charge in [-0.15, -0.1) is 0 Å². The maximum atomic E-state index is 12.4. The average Bonchev–Trinajstić information content (AvgIpc) is 2.61. The molecule has 0 heterocycles. The Morgan fingerprint density at radius 3 is 2.20 bits per heavy atom. The SMILES string of the molecule is O=P(O)(Oc1ccc2ccccc2c1)Oc1cccc2ccccc12. The Hall–Kier alpha value is -2.81. The molecule has 4 aromatic rings. The predicted octanol–water partition coefficient (Wildman–Crippen LogP) is 5.55. The molecule has 0 aliphatic carbocycles. The highest BCUT2D eigenvalue weighted by molar-refractivity contribution is 7.48. The number of benzene rings is 4. The molecule has 0 aliphatic heterocycles. The summed E-state index contributed by atoms with van der Waals surface area (Å²) in [6.07, 6.45) is 0. The third-order valence-electron chi connectivity index (χ3n) is 3.91. The van der Waals surface area contributed by atoms with E-state index in [9.17, 15) is 9.46 Å². The lowest BCUT2D eigenvalue weighted by atomic mass is 10.1. The van der Waals surface area contributed by atoms with Gasteiger partial charge in [0.05, 0.1) is 0 Å². The summed E-state index contributed by atoms with van der Waals surface area (Å²) in [7, 11) is -4.32. The summed E-state index contributed by atoms with van der Waals surface area (Å²) in [4.78, 5) is 10.2. The molecule has 1 N–H and O–H groups in total. The summed E-state index contributed by atoms with van der Waals surface area (Å²) in [5.74, 6) is 0.592. The molecule has 124 valence electrons. The van der Waals surface area contributed by atoms with Crippen LogP contribution in [0.1, 0.15) is 0 Å². The van der Waals surface area contributed by atoms with Gasteiger partial charge in [-0.2, -0.15) is 0 Å². The summed E-state index contributed by atoms with van der Waals surface area (Å²) in [6.45, 7) is 0. The molecule has 0 radical (unpaired) electrons. The van der Waals surface area contributed by atoms with Crippen LogP contribution >= 0.6 is 7.82 Å². The summed E-state index contributed by atoms with van der Waals surface area (Å²) >= 11 is 0. The Bertz CT molecular complexity index is 1100. The van der Waals surface area contributed by atoms with Crippen molar-refractivity contribution in [2.24, 2.45) is 0 Å². The third kappa shape index (κ3) is 3.36. The molecule has 0 fully saturated rings. The van der Waals surface area contributed by atoms with Crippen LogP contribution in [0.3, 0.4) is 0 Å². The van der Waals surface area contributed by atoms with E-state index < -0.39 is 7.82 Å². The van der Waals surface area contributed by atoms with Crippen molar-refractivity contribution in [3.63, 3.8) is 0 Å². The largest absolute Gasteiger partial charge is 0.584 e. The van der Waals surface area contributed by atoms with E-state index in [0.29, 0.717) is 5.75 Å². The van der Waals surface area contributed by atoms with Gasteiger partial charge in [-0.25, -0.2) is 4.57 Å². The lowest BCUT2D eigenvalue weighted by Crippen LogP contribution is -2.00. The Balaban J connectivity index is 1.63. The van der Waals surface area contributed by atoms with Crippen LogP contribution in [0.25, 0.3) is 21.5 Å². The molecular weight excluding hydrogens is 335 g/mol. The van der Waals surface area contributed by atoms with Gasteiger partial charge >= 0.3 is 7.82 Å². The highest BCUT2D eigenvalue weighted by atomic mass is 31.2. The van der Waals surface area contributed by atoms with Crippen molar-refractivity contribution in [2.75, 3.05) is 0 Å². The van der Waals surface area contributed by atoms with Gasteiger partial charge in [-0.1, -0.05) is 66.7 Å². The first-order valence-corrected chi connectivity index (χ1v) is 9.29. The number of hydrogen-bond acceptors (Lipinski definition) is 3. The highest BCUT2D eigenvalue weighted by Crippen LogP contribution is 2.46. The Labute approximate surface area is 144 Å². The van der Waals surface area contributed by atoms with Crippen molar-refractivity contribution in [1.82, 2.24) is 0 Å². The van der Waals surface area contributed by atoms with Gasteiger partial charge in [-0.05, 0) is 34.4 Å². The monoisotopic (exact) mass is 350 g/mol. The molecule has 0 aliphatic rings. The quantitative estimate of drug-likeness (QED) is 0.490. The van der Waals surface area contributed by atoms with Gasteiger partial charge < -0.3 is 9.05 Å². The second-order valence-corrected chi connectivity index (χ2v) is 6.94. The van der Waals surface area contributed by atoms with Crippen LogP contribution < -0.4 is 9.05 Å². The van der Waals surface area contributed by atoms with Crippen LogP contribution in [0, 0.1) is 0 Å². The first-order chi connectivity index (χ1) is 12.1. The molecule has 4 nitrogen and oxygen atoms in total. The molecule has 0 saturated heterocycles. The van der Waals surface area contributed by atoms with E-state index in [-0.39, 0.29) is 5.75 Å². The van der Waals surface area contributed by atoms with Gasteiger partial charge in [0.25, 0.3) is 0 Å². The van der Waals surface area contributed by atoms with Gasteiger partial charge in [0.15, 0.2) is 0 Å². The molecule has 0 amide bonds. The van der Waals surface area contributed by atoms with E-state index in [0.717, 1.165) is 21.5 Å². The maximum Gasteiger partial charge on any atom is 0.584 e. The van der Waals surface area contributed by atoms with Crippen molar-refractivity contribution in [3.8, 4) is 11.5 Å². The Morgan fingerprint density at radius 1 is 0.680 bits per heavy atom. The molecule has 1 unspecified atom stereocenters. The first-order valence-electron chi connectivity index (χ1n) is 7.79. The number of rotatable bonds is 4. The third-order valence-corrected chi connectivity index (χ3v) is 4.77. The van der Waals surface area contributed by atoms with Crippen LogP contribution in [0.4, 0.5) is 0 Å². The van der Waals surface area contributed by atoms with Crippen LogP contribution in [-0.4, -0.2) is 4.89 Å². The van der Waals surface area contributed by atoms with E-state index in [2.05, 4.69) is 0 Å². The average molecular weight is 350 g/mol. The lowest BCUT2D eigenvalue weighted by molar-refractivity contribution is 0.292. The molecule has 1 atom stereocenters. The number of hydrogen-bond donors (Lipinski definition) is 1. The number of phosphoric acid groups is 1. The molecule has 25 heavy (non-hydrogen) atoms. The van der Waals surface area contributed by atoms with Crippen molar-refractivity contribution in [3.05, 3.63) is 84.9 Å². The molecular formula is C20H15O4P. The summed E-state index contributed by atoms with van der Waals surface area (Å²) < 4.78 is 23.0. The summed E-state index contributed by atoms with van der Waals surface area (Å²) in [5, 5.41) is 3.62. The molecule has 5 heteroatoms. The number of fused-ring (bicyclic) bond motifs is 2. The van der Waals surface area contributed by atoms with Crippen molar-refractivity contribution in [2.45, 2.75) is 0 Å². The zero-order valence-electron chi connectivity index (χ0n) is 13.2. The zero-order valence-corrected chi connectivity index (χ0v) is 14.1. The number of phosphoric ester groups is 1. The highest BCUT2D eigenvalue weighted by Gasteiger charge is 2.26. The molecule has 0 saturated carbocycles. The summed E-state index contributed by atoms with van der Waals surface area (Å²) in [5.41, 5.74) is 0. The second-order valence-electron chi connectivity index (χ2n) is 5.64. The normalized spacial score (nSPS) is 13.5. The minimum atomic E-state index is -4.32. The fourth-order valence-electron chi connectivity index (χ4n) is 2.78. The fourth-order valence-corrected chi connectivity index (χ4v) is 3.60. The van der Waals surface area contributed by atoms with Crippen LogP contribution in [-0.2, 0) is 4.57 Å². The van der Waals surface area contributed by atoms with Crippen LogP contribution in [0.2, 0.25) is 0 Å². The summed E-state index contributed by atoms with van der Waals surface area (Å²) in [6, 6.07) is 25.7. The maximum absolute atomic E-state index is 12.4. The first kappa shape index (κ1) is 15.7. The second kappa shape index (κ2) is 6.25. The minimum absolute atomic E-state index is 0.282. The van der Waals surface area contributed by atoms with Crippen molar-refractivity contribution >= 4 is 29.4 Å². The van der Waals surface area contributed by atoms with Gasteiger partial charge in [0, 0.05) is 5.39 Å².